The molecule has 2 aromatic rings. The number of methoxy groups -OCH3 is 1. The Balaban J connectivity index is 1.37. The molecule has 1 saturated heterocycles. The molecule has 2 aliphatic carbocycles. The van der Waals surface area contributed by atoms with Crippen LogP contribution in [0.3, 0.4) is 0 Å². The average Bonchev–Trinajstić information content (AvgIpc) is 3.48. The first-order valence-electron chi connectivity index (χ1n) is 12.8. The van der Waals surface area contributed by atoms with Crippen molar-refractivity contribution in [1.82, 2.24) is 0 Å². The molecule has 2 N–H and O–H groups in total. The number of sulfonamides is 1. The molecule has 0 unspecified atom stereocenters. The van der Waals surface area contributed by atoms with Gasteiger partial charge in [0.2, 0.25) is 5.91 Å². The third kappa shape index (κ3) is 5.42. The highest BCUT2D eigenvalue weighted by Gasteiger charge is 2.40. The lowest BCUT2D eigenvalue weighted by atomic mass is 9.86. The molecule has 8 heteroatoms. The Bertz CT molecular complexity index is 1160. The smallest absolute Gasteiger partial charge is 0.264 e. The van der Waals surface area contributed by atoms with Gasteiger partial charge in [0.1, 0.15) is 10.6 Å². The zero-order chi connectivity index (χ0) is 24.4. The van der Waals surface area contributed by atoms with E-state index in [1.807, 2.05) is 12.1 Å². The third-order valence-electron chi connectivity index (χ3n) is 7.90. The summed E-state index contributed by atoms with van der Waals surface area (Å²) in [7, 11) is -2.31. The van der Waals surface area contributed by atoms with Crippen molar-refractivity contribution < 1.29 is 17.9 Å². The van der Waals surface area contributed by atoms with Gasteiger partial charge in [0, 0.05) is 30.9 Å². The fraction of sp³-hybridized carbons (Fsp3) is 0.519. The summed E-state index contributed by atoms with van der Waals surface area (Å²) in [4.78, 5) is 15.2. The number of hydrogen-bond donors (Lipinski definition) is 2. The topological polar surface area (TPSA) is 87.7 Å². The number of carbonyl (C=O) groups is 1. The molecular weight excluding hydrogens is 462 g/mol. The molecule has 3 fully saturated rings. The highest BCUT2D eigenvalue weighted by molar-refractivity contribution is 7.92. The first-order chi connectivity index (χ1) is 16.9. The van der Waals surface area contributed by atoms with E-state index in [0.29, 0.717) is 41.1 Å². The largest absolute Gasteiger partial charge is 0.497 e. The van der Waals surface area contributed by atoms with Crippen molar-refractivity contribution in [2.75, 3.05) is 35.1 Å². The predicted molar refractivity (Wildman–Crippen MR) is 138 cm³/mol. The molecule has 188 valence electrons. The summed E-state index contributed by atoms with van der Waals surface area (Å²) in [6, 6.07) is 12.1. The van der Waals surface area contributed by atoms with Crippen molar-refractivity contribution in [3.8, 4) is 5.75 Å². The Labute approximate surface area is 208 Å². The number of ether oxygens (including phenoxy) is 1. The van der Waals surface area contributed by atoms with E-state index in [9.17, 15) is 13.2 Å². The highest BCUT2D eigenvalue weighted by Crippen LogP contribution is 2.49. The van der Waals surface area contributed by atoms with Gasteiger partial charge in [-0.3, -0.25) is 9.52 Å². The van der Waals surface area contributed by atoms with Crippen molar-refractivity contribution >= 4 is 33.0 Å². The van der Waals surface area contributed by atoms with Gasteiger partial charge < -0.3 is 15.0 Å². The van der Waals surface area contributed by atoms with E-state index >= 15 is 0 Å². The lowest BCUT2D eigenvalue weighted by molar-refractivity contribution is -0.117. The molecule has 2 aromatic carbocycles. The Morgan fingerprint density at radius 1 is 1.00 bits per heavy atom. The first kappa shape index (κ1) is 24.0. The zero-order valence-corrected chi connectivity index (χ0v) is 21.1. The Kier molecular flexibility index (Phi) is 6.91. The number of nitrogens with zero attached hydrogens (tertiary/aromatic N) is 1. The molecule has 3 atom stereocenters. The predicted octanol–water partition coefficient (Wildman–Crippen LogP) is 5.25. The minimum Gasteiger partial charge on any atom is -0.497 e. The van der Waals surface area contributed by atoms with Crippen LogP contribution in [0.25, 0.3) is 0 Å². The molecule has 0 aromatic heterocycles. The number of amides is 1. The van der Waals surface area contributed by atoms with Crippen molar-refractivity contribution in [2.24, 2.45) is 17.8 Å². The Morgan fingerprint density at radius 3 is 2.40 bits per heavy atom. The van der Waals surface area contributed by atoms with E-state index in [1.165, 1.54) is 19.3 Å². The summed E-state index contributed by atoms with van der Waals surface area (Å²) in [5.74, 6) is 2.56. The van der Waals surface area contributed by atoms with Gasteiger partial charge in [-0.15, -0.1) is 0 Å². The van der Waals surface area contributed by atoms with E-state index < -0.39 is 10.0 Å². The summed E-state index contributed by atoms with van der Waals surface area (Å²) in [6.45, 7) is 1.64. The average molecular weight is 498 g/mol. The normalized spacial score (nSPS) is 23.8. The SMILES string of the molecule is COc1ccc(NS(=O)(=O)c2cc(NC(=O)C[C@@H]3C[C@H]4CC[C@H]3C4)ccc2N2CCCCC2)cc1. The van der Waals surface area contributed by atoms with Crippen molar-refractivity contribution in [2.45, 2.75) is 56.3 Å². The van der Waals surface area contributed by atoms with Crippen molar-refractivity contribution in [3.05, 3.63) is 42.5 Å². The Hall–Kier alpha value is -2.74. The summed E-state index contributed by atoms with van der Waals surface area (Å²) in [6.07, 6.45) is 8.71. The second-order valence-electron chi connectivity index (χ2n) is 10.3. The van der Waals surface area contributed by atoms with Crippen LogP contribution >= 0.6 is 0 Å². The van der Waals surface area contributed by atoms with Gasteiger partial charge in [0.25, 0.3) is 10.0 Å². The molecule has 0 radical (unpaired) electrons. The minimum absolute atomic E-state index is 0.0280. The van der Waals surface area contributed by atoms with Crippen molar-refractivity contribution in [3.63, 3.8) is 0 Å². The summed E-state index contributed by atoms with van der Waals surface area (Å²) in [5, 5.41) is 2.98. The van der Waals surface area contributed by atoms with Gasteiger partial charge >= 0.3 is 0 Å². The van der Waals surface area contributed by atoms with Crippen LogP contribution in [0.15, 0.2) is 47.4 Å². The van der Waals surface area contributed by atoms with Crippen LogP contribution in [-0.2, 0) is 14.8 Å². The molecular formula is C27H35N3O4S. The van der Waals surface area contributed by atoms with Crippen LogP contribution < -0.4 is 19.7 Å². The van der Waals surface area contributed by atoms with E-state index in [2.05, 4.69) is 14.9 Å². The van der Waals surface area contributed by atoms with Crippen LogP contribution in [0.1, 0.15) is 51.4 Å². The number of anilines is 3. The molecule has 35 heavy (non-hydrogen) atoms. The minimum atomic E-state index is -3.88. The van der Waals surface area contributed by atoms with Gasteiger partial charge in [-0.1, -0.05) is 6.42 Å². The fourth-order valence-corrected chi connectivity index (χ4v) is 7.46. The maximum Gasteiger partial charge on any atom is 0.264 e. The number of rotatable bonds is 8. The summed E-state index contributed by atoms with van der Waals surface area (Å²) >= 11 is 0. The second kappa shape index (κ2) is 10.1. The van der Waals surface area contributed by atoms with Gasteiger partial charge in [-0.25, -0.2) is 8.42 Å². The van der Waals surface area contributed by atoms with Gasteiger partial charge in [-0.05, 0) is 98.7 Å². The van der Waals surface area contributed by atoms with Crippen LogP contribution in [0, 0.1) is 17.8 Å². The zero-order valence-electron chi connectivity index (χ0n) is 20.3. The van der Waals surface area contributed by atoms with Crippen LogP contribution in [0.2, 0.25) is 0 Å². The van der Waals surface area contributed by atoms with E-state index in [-0.39, 0.29) is 10.8 Å². The number of nitrogens with one attached hydrogen (secondary N) is 2. The lowest BCUT2D eigenvalue weighted by Gasteiger charge is -2.30. The quantitative estimate of drug-likeness (QED) is 0.520. The van der Waals surface area contributed by atoms with Gasteiger partial charge in [0.15, 0.2) is 0 Å². The number of hydrogen-bond acceptors (Lipinski definition) is 5. The third-order valence-corrected chi connectivity index (χ3v) is 9.31. The number of fused-ring (bicyclic) bond motifs is 2. The maximum atomic E-state index is 13.5. The van der Waals surface area contributed by atoms with Crippen LogP contribution in [0.4, 0.5) is 17.1 Å². The first-order valence-corrected chi connectivity index (χ1v) is 14.3. The molecule has 0 spiro atoms. The van der Waals surface area contributed by atoms with E-state index in [0.717, 1.165) is 44.7 Å². The molecule has 3 aliphatic rings. The number of carbonyl (C=O) groups excluding carboxylic acids is 1. The molecule has 2 saturated carbocycles. The van der Waals surface area contributed by atoms with Crippen LogP contribution in [-0.4, -0.2) is 34.5 Å². The summed E-state index contributed by atoms with van der Waals surface area (Å²) < 4.78 is 35.0. The number of benzene rings is 2. The lowest BCUT2D eigenvalue weighted by Crippen LogP contribution is -2.31. The number of piperidine rings is 1. The van der Waals surface area contributed by atoms with Gasteiger partial charge in [-0.2, -0.15) is 0 Å². The summed E-state index contributed by atoms with van der Waals surface area (Å²) in [5.41, 5.74) is 1.66. The highest BCUT2D eigenvalue weighted by atomic mass is 32.2. The second-order valence-corrected chi connectivity index (χ2v) is 11.9. The van der Waals surface area contributed by atoms with Gasteiger partial charge in [0.05, 0.1) is 12.8 Å². The Morgan fingerprint density at radius 2 is 1.74 bits per heavy atom. The monoisotopic (exact) mass is 497 g/mol. The standard InChI is InChI=1S/C27H35N3O4S/c1-34-24-10-7-22(8-11-24)29-35(32,33)26-18-23(9-12-25(26)30-13-3-2-4-14-30)28-27(31)17-21-16-19-5-6-20(21)15-19/h7-12,18-21,29H,2-6,13-17H2,1H3,(H,28,31)/t19-,20-,21-/m0/s1. The molecule has 1 heterocycles. The molecule has 1 amide bonds. The molecule has 5 rings (SSSR count). The maximum absolute atomic E-state index is 13.5. The molecule has 2 bridgehead atoms. The molecule has 7 nitrogen and oxygen atoms in total. The van der Waals surface area contributed by atoms with E-state index in [4.69, 9.17) is 4.74 Å². The fourth-order valence-electron chi connectivity index (χ4n) is 6.15. The van der Waals surface area contributed by atoms with Crippen molar-refractivity contribution in [1.29, 1.82) is 0 Å². The van der Waals surface area contributed by atoms with Crippen LogP contribution in [0.5, 0.6) is 5.75 Å². The molecule has 1 aliphatic heterocycles. The van der Waals surface area contributed by atoms with E-state index in [1.54, 1.807) is 37.4 Å².